The average molecular weight is 247 g/mol. The molecule has 0 saturated heterocycles. The lowest BCUT2D eigenvalue weighted by molar-refractivity contribution is 0.750. The number of anilines is 1. The molecule has 4 heteroatoms. The fourth-order valence-electron chi connectivity index (χ4n) is 1.51. The second kappa shape index (κ2) is 4.92. The Balaban J connectivity index is 2.24. The Bertz CT molecular complexity index is 505. The molecule has 0 fully saturated rings. The summed E-state index contributed by atoms with van der Waals surface area (Å²) in [5.74, 6) is 0.915. The lowest BCUT2D eigenvalue weighted by Gasteiger charge is -2.22. The molecule has 90 valence electrons. The minimum atomic E-state index is 0.200. The fourth-order valence-corrected chi connectivity index (χ4v) is 1.73. The third kappa shape index (κ3) is 2.88. The Morgan fingerprint density at radius 2 is 2.00 bits per heavy atom. The first-order valence-corrected chi connectivity index (χ1v) is 6.84. The van der Waals surface area contributed by atoms with Gasteiger partial charge < -0.3 is 5.32 Å². The molecular weight excluding hydrogens is 230 g/mol. The lowest BCUT2D eigenvalue weighted by Crippen LogP contribution is -2.26. The van der Waals surface area contributed by atoms with E-state index in [0.29, 0.717) is 0 Å². The van der Waals surface area contributed by atoms with Crippen LogP contribution in [0.3, 0.4) is 0 Å². The zero-order chi connectivity index (χ0) is 12.3. The van der Waals surface area contributed by atoms with Gasteiger partial charge in [0.15, 0.2) is 0 Å². The van der Waals surface area contributed by atoms with Gasteiger partial charge in [0, 0.05) is 16.7 Å². The SMILES string of the molecule is CSC(C)(C)CNc1ncnc2ccccc12. The van der Waals surface area contributed by atoms with E-state index in [0.717, 1.165) is 23.3 Å². The molecule has 0 radical (unpaired) electrons. The summed E-state index contributed by atoms with van der Waals surface area (Å²) in [6.45, 7) is 5.32. The topological polar surface area (TPSA) is 37.8 Å². The van der Waals surface area contributed by atoms with E-state index < -0.39 is 0 Å². The quantitative estimate of drug-likeness (QED) is 0.900. The number of nitrogens with zero attached hydrogens (tertiary/aromatic N) is 2. The van der Waals surface area contributed by atoms with Gasteiger partial charge in [0.25, 0.3) is 0 Å². The van der Waals surface area contributed by atoms with Gasteiger partial charge in [-0.15, -0.1) is 0 Å². The summed E-state index contributed by atoms with van der Waals surface area (Å²) in [6.07, 6.45) is 3.73. The van der Waals surface area contributed by atoms with Crippen molar-refractivity contribution in [3.63, 3.8) is 0 Å². The van der Waals surface area contributed by atoms with Crippen LogP contribution in [0.4, 0.5) is 5.82 Å². The van der Waals surface area contributed by atoms with Crippen molar-refractivity contribution >= 4 is 28.5 Å². The molecule has 1 aromatic heterocycles. The average Bonchev–Trinajstić information content (AvgIpc) is 2.36. The van der Waals surface area contributed by atoms with E-state index in [4.69, 9.17) is 0 Å². The minimum absolute atomic E-state index is 0.200. The molecule has 1 aromatic carbocycles. The molecule has 0 aliphatic rings. The summed E-state index contributed by atoms with van der Waals surface area (Å²) in [4.78, 5) is 8.56. The van der Waals surface area contributed by atoms with Crippen molar-refractivity contribution in [3.8, 4) is 0 Å². The van der Waals surface area contributed by atoms with Crippen molar-refractivity contribution in [1.82, 2.24) is 9.97 Å². The number of nitrogens with one attached hydrogen (secondary N) is 1. The van der Waals surface area contributed by atoms with Crippen molar-refractivity contribution in [2.24, 2.45) is 0 Å². The number of thioether (sulfide) groups is 1. The van der Waals surface area contributed by atoms with Crippen LogP contribution in [0.2, 0.25) is 0 Å². The molecule has 0 amide bonds. The molecule has 0 spiro atoms. The zero-order valence-corrected chi connectivity index (χ0v) is 11.2. The maximum Gasteiger partial charge on any atom is 0.137 e. The monoisotopic (exact) mass is 247 g/mol. The Labute approximate surface area is 106 Å². The normalized spacial score (nSPS) is 11.7. The Kier molecular flexibility index (Phi) is 3.52. The predicted molar refractivity (Wildman–Crippen MR) is 75.6 cm³/mol. The predicted octanol–water partition coefficient (Wildman–Crippen LogP) is 3.18. The summed E-state index contributed by atoms with van der Waals surface area (Å²) in [6, 6.07) is 8.05. The molecule has 0 saturated carbocycles. The number of aromatic nitrogens is 2. The highest BCUT2D eigenvalue weighted by atomic mass is 32.2. The van der Waals surface area contributed by atoms with Crippen LogP contribution in [0, 0.1) is 0 Å². The van der Waals surface area contributed by atoms with Crippen molar-refractivity contribution < 1.29 is 0 Å². The highest BCUT2D eigenvalue weighted by molar-refractivity contribution is 7.99. The third-order valence-corrected chi connectivity index (χ3v) is 4.03. The number of benzene rings is 1. The molecule has 1 N–H and O–H groups in total. The third-order valence-electron chi connectivity index (χ3n) is 2.78. The van der Waals surface area contributed by atoms with Crippen LogP contribution in [0.15, 0.2) is 30.6 Å². The molecular formula is C13H17N3S. The van der Waals surface area contributed by atoms with E-state index in [-0.39, 0.29) is 4.75 Å². The van der Waals surface area contributed by atoms with Crippen LogP contribution in [-0.4, -0.2) is 27.5 Å². The number of para-hydroxylation sites is 1. The van der Waals surface area contributed by atoms with E-state index >= 15 is 0 Å². The van der Waals surface area contributed by atoms with Gasteiger partial charge in [0.2, 0.25) is 0 Å². The van der Waals surface area contributed by atoms with Gasteiger partial charge in [0.1, 0.15) is 12.1 Å². The van der Waals surface area contributed by atoms with E-state index in [1.54, 1.807) is 6.33 Å². The molecule has 0 atom stereocenters. The summed E-state index contributed by atoms with van der Waals surface area (Å²) in [5.41, 5.74) is 0.979. The van der Waals surface area contributed by atoms with E-state index in [2.05, 4.69) is 35.4 Å². The fraction of sp³-hybridized carbons (Fsp3) is 0.385. The van der Waals surface area contributed by atoms with Crippen LogP contribution in [-0.2, 0) is 0 Å². The summed E-state index contributed by atoms with van der Waals surface area (Å²) in [7, 11) is 0. The number of hydrogen-bond acceptors (Lipinski definition) is 4. The van der Waals surface area contributed by atoms with E-state index in [1.165, 1.54) is 0 Å². The minimum Gasteiger partial charge on any atom is -0.368 e. The standard InChI is InChI=1S/C13H17N3S/c1-13(2,17-3)8-14-12-10-6-4-5-7-11(10)15-9-16-12/h4-7,9H,8H2,1-3H3,(H,14,15,16). The molecule has 3 nitrogen and oxygen atoms in total. The highest BCUT2D eigenvalue weighted by Crippen LogP contribution is 2.23. The van der Waals surface area contributed by atoms with Crippen molar-refractivity contribution in [1.29, 1.82) is 0 Å². The van der Waals surface area contributed by atoms with Gasteiger partial charge in [-0.2, -0.15) is 11.8 Å². The van der Waals surface area contributed by atoms with E-state index in [1.807, 2.05) is 36.0 Å². The van der Waals surface area contributed by atoms with Gasteiger partial charge in [0.05, 0.1) is 5.52 Å². The summed E-state index contributed by atoms with van der Waals surface area (Å²) in [5, 5.41) is 4.48. The smallest absolute Gasteiger partial charge is 0.137 e. The van der Waals surface area contributed by atoms with Crippen molar-refractivity contribution in [2.45, 2.75) is 18.6 Å². The van der Waals surface area contributed by atoms with Crippen molar-refractivity contribution in [2.75, 3.05) is 18.1 Å². The molecule has 17 heavy (non-hydrogen) atoms. The first-order chi connectivity index (χ1) is 8.12. The molecule has 1 heterocycles. The van der Waals surface area contributed by atoms with Gasteiger partial charge in [-0.25, -0.2) is 9.97 Å². The second-order valence-corrected chi connectivity index (χ2v) is 6.07. The van der Waals surface area contributed by atoms with Crippen LogP contribution >= 0.6 is 11.8 Å². The Morgan fingerprint density at radius 3 is 2.76 bits per heavy atom. The number of fused-ring (bicyclic) bond motifs is 1. The van der Waals surface area contributed by atoms with Gasteiger partial charge in [-0.05, 0) is 32.2 Å². The van der Waals surface area contributed by atoms with Crippen molar-refractivity contribution in [3.05, 3.63) is 30.6 Å². The van der Waals surface area contributed by atoms with Crippen LogP contribution in [0.5, 0.6) is 0 Å². The Hall–Kier alpha value is -1.29. The molecule has 2 aromatic rings. The maximum absolute atomic E-state index is 4.31. The second-order valence-electron chi connectivity index (χ2n) is 4.56. The summed E-state index contributed by atoms with van der Waals surface area (Å²) < 4.78 is 0.200. The van der Waals surface area contributed by atoms with Crippen LogP contribution < -0.4 is 5.32 Å². The number of rotatable bonds is 4. The van der Waals surface area contributed by atoms with Gasteiger partial charge >= 0.3 is 0 Å². The Morgan fingerprint density at radius 1 is 1.24 bits per heavy atom. The van der Waals surface area contributed by atoms with Gasteiger partial charge in [-0.1, -0.05) is 12.1 Å². The first kappa shape index (κ1) is 12.2. The molecule has 2 rings (SSSR count). The largest absolute Gasteiger partial charge is 0.368 e. The lowest BCUT2D eigenvalue weighted by atomic mass is 10.2. The summed E-state index contributed by atoms with van der Waals surface area (Å²) >= 11 is 1.85. The van der Waals surface area contributed by atoms with Crippen LogP contribution in [0.1, 0.15) is 13.8 Å². The molecule has 0 aliphatic heterocycles. The first-order valence-electron chi connectivity index (χ1n) is 5.61. The zero-order valence-electron chi connectivity index (χ0n) is 10.4. The van der Waals surface area contributed by atoms with Crippen LogP contribution in [0.25, 0.3) is 10.9 Å². The molecule has 0 bridgehead atoms. The number of hydrogen-bond donors (Lipinski definition) is 1. The maximum atomic E-state index is 4.31. The highest BCUT2D eigenvalue weighted by Gasteiger charge is 2.16. The molecule has 0 unspecified atom stereocenters. The van der Waals surface area contributed by atoms with E-state index in [9.17, 15) is 0 Å². The molecule has 0 aliphatic carbocycles. The van der Waals surface area contributed by atoms with Gasteiger partial charge in [-0.3, -0.25) is 0 Å².